The van der Waals surface area contributed by atoms with E-state index in [1.54, 1.807) is 63.6 Å². The van der Waals surface area contributed by atoms with Crippen molar-refractivity contribution < 1.29 is 48.0 Å². The van der Waals surface area contributed by atoms with Crippen LogP contribution in [0.15, 0.2) is 97.3 Å². The molecule has 78 heavy (non-hydrogen) atoms. The van der Waals surface area contributed by atoms with Gasteiger partial charge in [0.25, 0.3) is 11.8 Å². The van der Waals surface area contributed by atoms with Gasteiger partial charge in [0.15, 0.2) is 0 Å². The fourth-order valence-electron chi connectivity index (χ4n) is 9.62. The number of phenols is 1. The van der Waals surface area contributed by atoms with E-state index >= 15 is 0 Å². The van der Waals surface area contributed by atoms with E-state index in [0.29, 0.717) is 93.0 Å². The van der Waals surface area contributed by atoms with E-state index in [2.05, 4.69) is 29.8 Å². The summed E-state index contributed by atoms with van der Waals surface area (Å²) in [6.07, 6.45) is 2.94. The molecule has 6 heterocycles. The monoisotopic (exact) mass is 1080 g/mol. The van der Waals surface area contributed by atoms with Crippen molar-refractivity contribution in [2.45, 2.75) is 53.0 Å². The lowest BCUT2D eigenvalue weighted by Gasteiger charge is -2.26. The number of rotatable bonds is 16. The first-order valence-corrected chi connectivity index (χ1v) is 29.5. The number of benzene rings is 4. The molecule has 0 spiro atoms. The van der Waals surface area contributed by atoms with Crippen molar-refractivity contribution in [3.8, 4) is 22.9 Å². The zero-order valence-electron chi connectivity index (χ0n) is 45.1. The summed E-state index contributed by atoms with van der Waals surface area (Å²) in [7, 11) is 1.87. The second-order valence-corrected chi connectivity index (χ2v) is 26.2. The van der Waals surface area contributed by atoms with Gasteiger partial charge in [-0.15, -0.1) is 0 Å². The fraction of sp³-hybridized carbons (Fsp3) is 0.333. The molecule has 0 saturated carbocycles. The highest BCUT2D eigenvalue weighted by atomic mass is 28.3. The zero-order chi connectivity index (χ0) is 55.4. The standard InChI is InChI=1S/C31H39N5O5Si.C26H27N5O5/c1-21-16-24(39-2)7-9-26(21)36-30(32)25(19-33-36)29(37)28-18-23-17-22(31(38)34-10-12-40-13-11-34)6-8-27(23)35(28)20-41-14-15-42(3,4)5;1-16-11-19(32)4-6-21(16)31-25(27)20(14-28-31)24(33)23-13-18-12-17(3-5-22(18)30(23)15-35-2)26(34)29-7-9-36-10-8-29/h6-9,16-19H,10-15,20,32H2,1-5H3;3-6,11-14,32H,7-10,15,27H2,1-2H3. The van der Waals surface area contributed by atoms with E-state index in [1.165, 1.54) is 23.1 Å². The molecule has 5 N–H and O–H groups in total. The summed E-state index contributed by atoms with van der Waals surface area (Å²) in [5.41, 5.74) is 20.0. The van der Waals surface area contributed by atoms with Gasteiger partial charge in [-0.2, -0.15) is 10.2 Å². The Labute approximate surface area is 452 Å². The maximum absolute atomic E-state index is 14.0. The van der Waals surface area contributed by atoms with Crippen LogP contribution in [0, 0.1) is 13.8 Å². The largest absolute Gasteiger partial charge is 0.508 e. The van der Waals surface area contributed by atoms with Crippen LogP contribution in [0.5, 0.6) is 11.5 Å². The fourth-order valence-corrected chi connectivity index (χ4v) is 10.4. The number of anilines is 2. The summed E-state index contributed by atoms with van der Waals surface area (Å²) in [4.78, 5) is 57.4. The van der Waals surface area contributed by atoms with E-state index < -0.39 is 8.07 Å². The number of amides is 2. The van der Waals surface area contributed by atoms with Gasteiger partial charge in [0.1, 0.15) is 36.6 Å². The third-order valence-electron chi connectivity index (χ3n) is 14.0. The number of hydrogen-bond acceptors (Lipinski definition) is 14. The highest BCUT2D eigenvalue weighted by Crippen LogP contribution is 2.31. The lowest BCUT2D eigenvalue weighted by molar-refractivity contribution is 0.0301. The van der Waals surface area contributed by atoms with Crippen LogP contribution in [0.3, 0.4) is 0 Å². The number of nitrogens with two attached hydrogens (primary N) is 2. The average Bonchev–Trinajstić information content (AvgIpc) is 4.26. The number of methoxy groups -OCH3 is 2. The van der Waals surface area contributed by atoms with Crippen molar-refractivity contribution in [2.75, 3.05) is 84.9 Å². The number of ether oxygens (including phenoxy) is 5. The van der Waals surface area contributed by atoms with Crippen molar-refractivity contribution >= 4 is 64.9 Å². The molecular weight excluding hydrogens is 1010 g/mol. The maximum atomic E-state index is 14.0. The molecule has 408 valence electrons. The molecule has 2 fully saturated rings. The normalized spacial score (nSPS) is 13.9. The number of aryl methyl sites for hydroxylation is 2. The van der Waals surface area contributed by atoms with Crippen LogP contribution in [-0.4, -0.2) is 148 Å². The Morgan fingerprint density at radius 2 is 1.10 bits per heavy atom. The Morgan fingerprint density at radius 1 is 0.628 bits per heavy atom. The van der Waals surface area contributed by atoms with Crippen molar-refractivity contribution in [3.63, 3.8) is 0 Å². The molecule has 0 unspecified atom stereocenters. The topological polar surface area (TPSA) is 239 Å². The first kappa shape index (κ1) is 54.7. The van der Waals surface area contributed by atoms with E-state index in [9.17, 15) is 24.3 Å². The smallest absolute Gasteiger partial charge is 0.254 e. The number of morpholine rings is 2. The third kappa shape index (κ3) is 11.5. The Kier molecular flexibility index (Phi) is 16.3. The summed E-state index contributed by atoms with van der Waals surface area (Å²) < 4.78 is 34.2. The highest BCUT2D eigenvalue weighted by molar-refractivity contribution is 6.76. The molecule has 4 aromatic carbocycles. The molecule has 2 saturated heterocycles. The Balaban J connectivity index is 0.000000192. The summed E-state index contributed by atoms with van der Waals surface area (Å²) in [6.45, 7) is 15.9. The van der Waals surface area contributed by atoms with Gasteiger partial charge >= 0.3 is 0 Å². The van der Waals surface area contributed by atoms with Crippen molar-refractivity contribution in [1.82, 2.24) is 38.5 Å². The van der Waals surface area contributed by atoms with Crippen LogP contribution in [0.1, 0.15) is 63.9 Å². The van der Waals surface area contributed by atoms with Gasteiger partial charge in [0, 0.05) is 69.9 Å². The van der Waals surface area contributed by atoms with E-state index in [0.717, 1.165) is 50.4 Å². The first-order valence-electron chi connectivity index (χ1n) is 25.7. The molecular formula is C57H66N10O10Si. The highest BCUT2D eigenvalue weighted by Gasteiger charge is 2.28. The van der Waals surface area contributed by atoms with Gasteiger partial charge < -0.3 is 59.2 Å². The van der Waals surface area contributed by atoms with Gasteiger partial charge in [-0.3, -0.25) is 19.2 Å². The molecule has 0 bridgehead atoms. The minimum Gasteiger partial charge on any atom is -0.508 e. The average molecular weight is 1080 g/mol. The van der Waals surface area contributed by atoms with Gasteiger partial charge in [-0.1, -0.05) is 19.6 Å². The first-order chi connectivity index (χ1) is 37.5. The molecule has 0 aliphatic carbocycles. The van der Waals surface area contributed by atoms with Crippen LogP contribution in [0.25, 0.3) is 33.2 Å². The van der Waals surface area contributed by atoms with Crippen molar-refractivity contribution in [2.24, 2.45) is 0 Å². The predicted octanol–water partition coefficient (Wildman–Crippen LogP) is 7.47. The molecule has 20 nitrogen and oxygen atoms in total. The third-order valence-corrected chi connectivity index (χ3v) is 15.7. The SMILES string of the molecule is COCn1c(C(=O)c2cnn(-c3ccc(O)cc3C)c2N)cc2cc(C(=O)N3CCOCC3)ccc21.COc1ccc(-n2ncc(C(=O)c3cc4cc(C(=O)N5CCOCC5)ccc4n3COCC[Si](C)(C)C)c2N)c(C)c1. The predicted molar refractivity (Wildman–Crippen MR) is 299 cm³/mol. The molecule has 0 radical (unpaired) electrons. The quantitative estimate of drug-likeness (QED) is 0.0484. The lowest BCUT2D eigenvalue weighted by Crippen LogP contribution is -2.40. The van der Waals surface area contributed by atoms with Crippen molar-refractivity contribution in [3.05, 3.63) is 142 Å². The van der Waals surface area contributed by atoms with Gasteiger partial charge in [0.2, 0.25) is 11.6 Å². The van der Waals surface area contributed by atoms with Crippen LogP contribution in [0.4, 0.5) is 11.6 Å². The van der Waals surface area contributed by atoms with Crippen LogP contribution in [-0.2, 0) is 32.4 Å². The minimum absolute atomic E-state index is 0.0485. The van der Waals surface area contributed by atoms with Gasteiger partial charge in [-0.05, 0) is 116 Å². The summed E-state index contributed by atoms with van der Waals surface area (Å²) >= 11 is 0. The summed E-state index contributed by atoms with van der Waals surface area (Å²) in [5, 5.41) is 20.0. The number of ketones is 2. The molecule has 10 rings (SSSR count). The number of aromatic nitrogens is 6. The number of carbonyl (C=O) groups is 4. The molecule has 2 aliphatic heterocycles. The zero-order valence-corrected chi connectivity index (χ0v) is 46.1. The van der Waals surface area contributed by atoms with Gasteiger partial charge in [0.05, 0.1) is 90.9 Å². The van der Waals surface area contributed by atoms with E-state index in [4.69, 9.17) is 35.2 Å². The Bertz CT molecular complexity index is 3540. The molecule has 4 aromatic heterocycles. The second-order valence-electron chi connectivity index (χ2n) is 20.5. The molecule has 2 amide bonds. The van der Waals surface area contributed by atoms with Crippen molar-refractivity contribution in [1.29, 1.82) is 0 Å². The number of phenolic OH excluding ortho intramolecular Hbond substituents is 1. The molecule has 0 atom stereocenters. The number of hydrogen-bond donors (Lipinski definition) is 3. The number of nitrogen functional groups attached to an aromatic ring is 2. The number of nitrogens with zero attached hydrogens (tertiary/aromatic N) is 8. The number of aromatic hydroxyl groups is 1. The lowest BCUT2D eigenvalue weighted by atomic mass is 10.1. The maximum Gasteiger partial charge on any atom is 0.254 e. The molecule has 21 heteroatoms. The summed E-state index contributed by atoms with van der Waals surface area (Å²) in [6, 6.07) is 25.9. The van der Waals surface area contributed by atoms with Crippen LogP contribution in [0.2, 0.25) is 25.7 Å². The van der Waals surface area contributed by atoms with E-state index in [-0.39, 0.29) is 59.8 Å². The van der Waals surface area contributed by atoms with Gasteiger partial charge in [-0.25, -0.2) is 9.36 Å². The minimum atomic E-state index is -1.29. The number of carbonyl (C=O) groups excluding carboxylic acids is 4. The van der Waals surface area contributed by atoms with E-state index in [1.807, 2.05) is 66.9 Å². The van der Waals surface area contributed by atoms with Crippen LogP contribution < -0.4 is 16.2 Å². The Hall–Kier alpha value is -8.08. The second kappa shape index (κ2) is 23.3. The van der Waals surface area contributed by atoms with Crippen LogP contribution >= 0.6 is 0 Å². The Morgan fingerprint density at radius 3 is 1.55 bits per heavy atom. The number of fused-ring (bicyclic) bond motifs is 2. The molecule has 8 aromatic rings. The molecule has 2 aliphatic rings. The summed E-state index contributed by atoms with van der Waals surface area (Å²) in [5.74, 6) is 0.590.